The van der Waals surface area contributed by atoms with E-state index in [0.29, 0.717) is 24.9 Å². The number of anilines is 1. The Bertz CT molecular complexity index is 1100. The van der Waals surface area contributed by atoms with Crippen LogP contribution in [0.15, 0.2) is 17.1 Å². The first-order valence-corrected chi connectivity index (χ1v) is 9.72. The molecule has 1 saturated heterocycles. The van der Waals surface area contributed by atoms with Crippen LogP contribution in [0.3, 0.4) is 0 Å². The Morgan fingerprint density at radius 2 is 2.07 bits per heavy atom. The Balaban J connectivity index is 1.50. The van der Waals surface area contributed by atoms with Gasteiger partial charge in [0.25, 0.3) is 5.56 Å². The Kier molecular flexibility index (Phi) is 4.12. The molecule has 1 N–H and O–H groups in total. The molecule has 2 unspecified atom stereocenters. The second-order valence-electron chi connectivity index (χ2n) is 7.59. The molecule has 0 bridgehead atoms. The first-order valence-electron chi connectivity index (χ1n) is 9.72. The zero-order valence-electron chi connectivity index (χ0n) is 16.1. The lowest BCUT2D eigenvalue weighted by Crippen LogP contribution is -2.38. The lowest BCUT2D eigenvalue weighted by molar-refractivity contribution is 0.182. The molecule has 0 spiro atoms. The van der Waals surface area contributed by atoms with Crippen LogP contribution in [0, 0.1) is 6.92 Å². The molecule has 1 aliphatic heterocycles. The summed E-state index contributed by atoms with van der Waals surface area (Å²) in [5.41, 5.74) is 2.85. The molecule has 0 aromatic carbocycles. The van der Waals surface area contributed by atoms with E-state index in [9.17, 15) is 4.79 Å². The van der Waals surface area contributed by atoms with Gasteiger partial charge in [0.1, 0.15) is 17.7 Å². The van der Waals surface area contributed by atoms with Gasteiger partial charge in [0.05, 0.1) is 36.5 Å². The SMILES string of the molecule is Cc1nc(NC2COCC2n2nc3c(cc2=O)CCCC3)c2cnn(C)c2n1. The molecule has 5 rings (SSSR count). The molecule has 28 heavy (non-hydrogen) atoms. The maximum absolute atomic E-state index is 12.7. The van der Waals surface area contributed by atoms with E-state index >= 15 is 0 Å². The van der Waals surface area contributed by atoms with Gasteiger partial charge >= 0.3 is 0 Å². The summed E-state index contributed by atoms with van der Waals surface area (Å²) in [6.07, 6.45) is 5.89. The summed E-state index contributed by atoms with van der Waals surface area (Å²) in [7, 11) is 1.86. The fourth-order valence-corrected chi connectivity index (χ4v) is 4.15. The van der Waals surface area contributed by atoms with Crippen molar-refractivity contribution < 1.29 is 4.74 Å². The molecule has 2 aliphatic rings. The van der Waals surface area contributed by atoms with Crippen LogP contribution in [0.25, 0.3) is 11.0 Å². The minimum atomic E-state index is -0.179. The number of aromatic nitrogens is 6. The summed E-state index contributed by atoms with van der Waals surface area (Å²) in [5.74, 6) is 1.38. The molecule has 1 aliphatic carbocycles. The zero-order chi connectivity index (χ0) is 19.3. The van der Waals surface area contributed by atoms with Crippen molar-refractivity contribution in [3.05, 3.63) is 39.7 Å². The molecular weight excluding hydrogens is 358 g/mol. The first-order chi connectivity index (χ1) is 13.6. The Morgan fingerprint density at radius 3 is 2.96 bits per heavy atom. The highest BCUT2D eigenvalue weighted by Gasteiger charge is 2.33. The van der Waals surface area contributed by atoms with Crippen LogP contribution in [0.5, 0.6) is 0 Å². The van der Waals surface area contributed by atoms with Gasteiger partial charge in [0.2, 0.25) is 0 Å². The van der Waals surface area contributed by atoms with Gasteiger partial charge in [-0.1, -0.05) is 0 Å². The Hall–Kier alpha value is -2.81. The van der Waals surface area contributed by atoms with Crippen LogP contribution >= 0.6 is 0 Å². The summed E-state index contributed by atoms with van der Waals surface area (Å²) < 4.78 is 9.05. The lowest BCUT2D eigenvalue weighted by atomic mass is 9.97. The molecule has 1 fully saturated rings. The van der Waals surface area contributed by atoms with E-state index in [1.165, 1.54) is 0 Å². The molecule has 3 aromatic heterocycles. The van der Waals surface area contributed by atoms with Crippen molar-refractivity contribution in [1.29, 1.82) is 0 Å². The fraction of sp³-hybridized carbons (Fsp3) is 0.526. The molecule has 0 amide bonds. The van der Waals surface area contributed by atoms with Gasteiger partial charge in [-0.15, -0.1) is 0 Å². The van der Waals surface area contributed by atoms with Crippen LogP contribution in [-0.4, -0.2) is 48.8 Å². The lowest BCUT2D eigenvalue weighted by Gasteiger charge is -2.23. The number of aryl methyl sites for hydroxylation is 4. The van der Waals surface area contributed by atoms with Gasteiger partial charge in [0.15, 0.2) is 5.65 Å². The second-order valence-corrected chi connectivity index (χ2v) is 7.59. The molecule has 9 nitrogen and oxygen atoms in total. The van der Waals surface area contributed by atoms with Crippen molar-refractivity contribution in [2.45, 2.75) is 44.7 Å². The predicted octanol–water partition coefficient (Wildman–Crippen LogP) is 1.16. The van der Waals surface area contributed by atoms with Crippen LogP contribution in [0.1, 0.15) is 36.0 Å². The monoisotopic (exact) mass is 381 g/mol. The number of nitrogens with zero attached hydrogens (tertiary/aromatic N) is 6. The van der Waals surface area contributed by atoms with Crippen molar-refractivity contribution in [1.82, 2.24) is 29.5 Å². The maximum atomic E-state index is 12.7. The topological polar surface area (TPSA) is 99.8 Å². The molecule has 146 valence electrons. The van der Waals surface area contributed by atoms with Gasteiger partial charge in [-0.05, 0) is 38.2 Å². The van der Waals surface area contributed by atoms with Crippen LogP contribution in [0.2, 0.25) is 0 Å². The largest absolute Gasteiger partial charge is 0.377 e. The molecular formula is C19H23N7O2. The van der Waals surface area contributed by atoms with E-state index in [4.69, 9.17) is 9.84 Å². The van der Waals surface area contributed by atoms with Crippen molar-refractivity contribution >= 4 is 16.9 Å². The van der Waals surface area contributed by atoms with Gasteiger partial charge in [0, 0.05) is 13.1 Å². The third-order valence-corrected chi connectivity index (χ3v) is 5.62. The molecule has 9 heteroatoms. The first kappa shape index (κ1) is 17.3. The molecule has 0 radical (unpaired) electrons. The van der Waals surface area contributed by atoms with Gasteiger partial charge in [-0.2, -0.15) is 10.2 Å². The van der Waals surface area contributed by atoms with E-state index in [0.717, 1.165) is 48.0 Å². The summed E-state index contributed by atoms with van der Waals surface area (Å²) in [5, 5.41) is 13.3. The molecule has 2 atom stereocenters. The van der Waals surface area contributed by atoms with E-state index in [2.05, 4.69) is 20.4 Å². The van der Waals surface area contributed by atoms with E-state index < -0.39 is 0 Å². The number of hydrogen-bond donors (Lipinski definition) is 1. The highest BCUT2D eigenvalue weighted by Crippen LogP contribution is 2.26. The average Bonchev–Trinajstić information content (AvgIpc) is 3.28. The highest BCUT2D eigenvalue weighted by molar-refractivity contribution is 5.86. The number of ether oxygens (including phenoxy) is 1. The number of rotatable bonds is 3. The summed E-state index contributed by atoms with van der Waals surface area (Å²) in [6.45, 7) is 2.79. The third kappa shape index (κ3) is 2.86. The molecule has 0 saturated carbocycles. The van der Waals surface area contributed by atoms with Crippen molar-refractivity contribution in [3.63, 3.8) is 0 Å². The minimum absolute atomic E-state index is 0.0617. The van der Waals surface area contributed by atoms with Crippen molar-refractivity contribution in [3.8, 4) is 0 Å². The van der Waals surface area contributed by atoms with Gasteiger partial charge < -0.3 is 10.1 Å². The minimum Gasteiger partial charge on any atom is -0.377 e. The summed E-state index contributed by atoms with van der Waals surface area (Å²) in [6, 6.07) is 1.47. The standard InChI is InChI=1S/C19H23N7O2/c1-11-21-18(13-8-20-25(2)19(13)22-11)23-15-9-28-10-16(15)26-17(27)7-12-5-3-4-6-14(12)24-26/h7-8,15-16H,3-6,9-10H2,1-2H3,(H,21,22,23). The maximum Gasteiger partial charge on any atom is 0.267 e. The summed E-state index contributed by atoms with van der Waals surface area (Å²) >= 11 is 0. The number of hydrogen-bond acceptors (Lipinski definition) is 7. The number of fused-ring (bicyclic) bond motifs is 2. The van der Waals surface area contributed by atoms with Crippen LogP contribution < -0.4 is 10.9 Å². The smallest absolute Gasteiger partial charge is 0.267 e. The van der Waals surface area contributed by atoms with Crippen LogP contribution in [0.4, 0.5) is 5.82 Å². The average molecular weight is 381 g/mol. The van der Waals surface area contributed by atoms with Gasteiger partial charge in [-0.25, -0.2) is 14.6 Å². The molecule has 4 heterocycles. The van der Waals surface area contributed by atoms with Crippen LogP contribution in [-0.2, 0) is 24.6 Å². The van der Waals surface area contributed by atoms with Crippen molar-refractivity contribution in [2.24, 2.45) is 7.05 Å². The van der Waals surface area contributed by atoms with E-state index in [1.54, 1.807) is 21.6 Å². The van der Waals surface area contributed by atoms with E-state index in [-0.39, 0.29) is 17.6 Å². The predicted molar refractivity (Wildman–Crippen MR) is 103 cm³/mol. The zero-order valence-corrected chi connectivity index (χ0v) is 16.1. The molecule has 3 aromatic rings. The Labute approximate surface area is 161 Å². The quantitative estimate of drug-likeness (QED) is 0.727. The highest BCUT2D eigenvalue weighted by atomic mass is 16.5. The fourth-order valence-electron chi connectivity index (χ4n) is 4.15. The Morgan fingerprint density at radius 1 is 1.21 bits per heavy atom. The number of nitrogens with one attached hydrogen (secondary N) is 1. The second kappa shape index (κ2) is 6.66. The summed E-state index contributed by atoms with van der Waals surface area (Å²) in [4.78, 5) is 21.7. The third-order valence-electron chi connectivity index (χ3n) is 5.62. The van der Waals surface area contributed by atoms with Gasteiger partial charge in [-0.3, -0.25) is 9.48 Å². The van der Waals surface area contributed by atoms with Crippen molar-refractivity contribution in [2.75, 3.05) is 18.5 Å². The van der Waals surface area contributed by atoms with E-state index in [1.807, 2.05) is 14.0 Å². The normalized spacial score (nSPS) is 21.8.